The number of aromatic nitrogens is 2. The van der Waals surface area contributed by atoms with Gasteiger partial charge in [-0.15, -0.1) is 0 Å². The first-order valence-electron chi connectivity index (χ1n) is 14.4. The summed E-state index contributed by atoms with van der Waals surface area (Å²) in [6.07, 6.45) is 6.33. The van der Waals surface area contributed by atoms with Crippen LogP contribution in [-0.4, -0.2) is 51.6 Å². The minimum Gasteiger partial charge on any atom is -0.490 e. The quantitative estimate of drug-likeness (QED) is 0.355. The predicted molar refractivity (Wildman–Crippen MR) is 152 cm³/mol. The van der Waals surface area contributed by atoms with E-state index in [4.69, 9.17) is 24.4 Å². The van der Waals surface area contributed by atoms with Crippen molar-refractivity contribution in [3.63, 3.8) is 0 Å². The summed E-state index contributed by atoms with van der Waals surface area (Å²) in [4.78, 5) is 27.8. The monoisotopic (exact) mass is 567 g/mol. The molecule has 0 bridgehead atoms. The zero-order chi connectivity index (χ0) is 29.3. The van der Waals surface area contributed by atoms with Gasteiger partial charge in [-0.1, -0.05) is 19.8 Å². The van der Waals surface area contributed by atoms with Crippen molar-refractivity contribution in [1.29, 1.82) is 0 Å². The number of halogens is 1. The Balaban J connectivity index is 0.00000108. The molecule has 2 heterocycles. The summed E-state index contributed by atoms with van der Waals surface area (Å²) >= 11 is 0. The van der Waals surface area contributed by atoms with Crippen molar-refractivity contribution in [3.05, 3.63) is 53.1 Å². The number of amides is 1. The summed E-state index contributed by atoms with van der Waals surface area (Å²) in [5.74, 6) is 1.15. The molecule has 1 aromatic heterocycles. The molecule has 41 heavy (non-hydrogen) atoms. The third-order valence-electron chi connectivity index (χ3n) is 8.46. The van der Waals surface area contributed by atoms with Gasteiger partial charge in [0.2, 0.25) is 0 Å². The van der Waals surface area contributed by atoms with Gasteiger partial charge in [0.25, 0.3) is 6.47 Å². The van der Waals surface area contributed by atoms with Crippen LogP contribution in [0.1, 0.15) is 87.9 Å². The van der Waals surface area contributed by atoms with Crippen LogP contribution in [0.2, 0.25) is 0 Å². The lowest BCUT2D eigenvalue weighted by atomic mass is 9.86. The van der Waals surface area contributed by atoms with Crippen molar-refractivity contribution in [3.8, 4) is 5.75 Å². The lowest BCUT2D eigenvalue weighted by Gasteiger charge is -2.34. The van der Waals surface area contributed by atoms with Gasteiger partial charge >= 0.3 is 6.09 Å². The van der Waals surface area contributed by atoms with Crippen LogP contribution in [0.5, 0.6) is 5.75 Å². The maximum absolute atomic E-state index is 14.5. The Hall–Kier alpha value is -3.66. The number of carbonyl (C=O) groups excluding carboxylic acids is 1. The smallest absolute Gasteiger partial charge is 0.414 e. The Bertz CT molecular complexity index is 1420. The zero-order valence-electron chi connectivity index (χ0n) is 23.8. The third-order valence-corrected chi connectivity index (χ3v) is 8.46. The fourth-order valence-corrected chi connectivity index (χ4v) is 6.35. The summed E-state index contributed by atoms with van der Waals surface area (Å²) < 4.78 is 27.8. The molecule has 1 amide bonds. The van der Waals surface area contributed by atoms with Gasteiger partial charge in [0, 0.05) is 23.2 Å². The van der Waals surface area contributed by atoms with E-state index in [9.17, 15) is 14.3 Å². The van der Waals surface area contributed by atoms with Crippen molar-refractivity contribution in [2.75, 3.05) is 12.0 Å². The molecule has 4 unspecified atom stereocenters. The maximum Gasteiger partial charge on any atom is 0.414 e. The molecule has 0 radical (unpaired) electrons. The standard InChI is InChI=1S/C30H36FN3O4.CH2O2/c1-17-5-4-6-20(15-17)34-25-13-12-24-22(11-7-18(2)33(24)30(36)37-3)27(25)32-29(34)28(35)23-16-19(31)8-14-26(23)38-21-9-10-21;2-1-3/h8,12-14,16-18,20-21,28,35H,4-7,9-11,15H2,1-3H3;1H,(H,2,3). The van der Waals surface area contributed by atoms with Crippen molar-refractivity contribution >= 4 is 29.3 Å². The Morgan fingerprint density at radius 2 is 1.90 bits per heavy atom. The van der Waals surface area contributed by atoms with Gasteiger partial charge in [-0.3, -0.25) is 9.69 Å². The Kier molecular flexibility index (Phi) is 8.49. The summed E-state index contributed by atoms with van der Waals surface area (Å²) in [5, 5.41) is 18.7. The van der Waals surface area contributed by atoms with E-state index in [0.29, 0.717) is 23.1 Å². The molecule has 3 aliphatic rings. The molecular formula is C31H38FN3O6. The second-order valence-electron chi connectivity index (χ2n) is 11.4. The van der Waals surface area contributed by atoms with E-state index < -0.39 is 11.9 Å². The number of aliphatic hydroxyl groups excluding tert-OH is 1. The maximum atomic E-state index is 14.5. The second kappa shape index (κ2) is 12.1. The van der Waals surface area contributed by atoms with E-state index >= 15 is 0 Å². The van der Waals surface area contributed by atoms with E-state index in [1.165, 1.54) is 25.7 Å². The number of hydrogen-bond acceptors (Lipinski definition) is 6. The number of nitrogens with zero attached hydrogens (tertiary/aromatic N) is 3. The van der Waals surface area contributed by atoms with Crippen LogP contribution >= 0.6 is 0 Å². The first-order chi connectivity index (χ1) is 19.8. The number of fused-ring (bicyclic) bond motifs is 3. The van der Waals surface area contributed by atoms with E-state index in [0.717, 1.165) is 67.2 Å². The molecule has 2 aromatic carbocycles. The third kappa shape index (κ3) is 5.75. The lowest BCUT2D eigenvalue weighted by molar-refractivity contribution is -0.122. The number of carbonyl (C=O) groups is 2. The number of imidazole rings is 1. The fourth-order valence-electron chi connectivity index (χ4n) is 6.35. The van der Waals surface area contributed by atoms with Gasteiger partial charge in [-0.25, -0.2) is 14.2 Å². The van der Waals surface area contributed by atoms with Crippen molar-refractivity contribution < 1.29 is 33.7 Å². The molecule has 2 saturated carbocycles. The molecular weight excluding hydrogens is 529 g/mol. The van der Waals surface area contributed by atoms with Gasteiger partial charge < -0.3 is 24.3 Å². The SMILES string of the molecule is COC(=O)N1c2ccc3c(nc(C(O)c4cc(F)ccc4OC4CC4)n3C3CCCC(C)C3)c2CCC1C.O=CO. The highest BCUT2D eigenvalue weighted by Gasteiger charge is 2.35. The van der Waals surface area contributed by atoms with Crippen LogP contribution in [0.25, 0.3) is 11.0 Å². The highest BCUT2D eigenvalue weighted by Crippen LogP contribution is 2.43. The first kappa shape index (κ1) is 28.9. The molecule has 10 heteroatoms. The van der Waals surface area contributed by atoms with Gasteiger partial charge in [0.1, 0.15) is 23.5 Å². The van der Waals surface area contributed by atoms with Crippen LogP contribution in [0, 0.1) is 11.7 Å². The van der Waals surface area contributed by atoms with E-state index in [-0.39, 0.29) is 30.8 Å². The topological polar surface area (TPSA) is 114 Å². The molecule has 2 fully saturated rings. The van der Waals surface area contributed by atoms with E-state index in [1.807, 2.05) is 19.1 Å². The van der Waals surface area contributed by atoms with Crippen LogP contribution in [0.4, 0.5) is 14.9 Å². The van der Waals surface area contributed by atoms with Crippen molar-refractivity contribution in [2.45, 2.75) is 89.5 Å². The number of carboxylic acid groups (broad SMARTS) is 1. The molecule has 9 nitrogen and oxygen atoms in total. The largest absolute Gasteiger partial charge is 0.490 e. The van der Waals surface area contributed by atoms with Crippen LogP contribution < -0.4 is 9.64 Å². The molecule has 4 atom stereocenters. The van der Waals surface area contributed by atoms with E-state index in [2.05, 4.69) is 11.5 Å². The van der Waals surface area contributed by atoms with Gasteiger partial charge in [0.05, 0.1) is 29.9 Å². The van der Waals surface area contributed by atoms with Crippen LogP contribution in [-0.2, 0) is 16.0 Å². The number of anilines is 1. The molecule has 2 N–H and O–H groups in total. The Labute approximate surface area is 238 Å². The fraction of sp³-hybridized carbons (Fsp3) is 0.516. The number of rotatable bonds is 5. The summed E-state index contributed by atoms with van der Waals surface area (Å²) in [5.41, 5.74) is 3.91. The Morgan fingerprint density at radius 3 is 2.59 bits per heavy atom. The zero-order valence-corrected chi connectivity index (χ0v) is 23.8. The molecule has 220 valence electrons. The molecule has 6 rings (SSSR count). The van der Waals surface area contributed by atoms with E-state index in [1.54, 1.807) is 11.0 Å². The summed E-state index contributed by atoms with van der Waals surface area (Å²) in [6.45, 7) is 4.04. The number of methoxy groups -OCH3 is 1. The highest BCUT2D eigenvalue weighted by molar-refractivity contribution is 5.95. The average Bonchev–Trinajstić information content (AvgIpc) is 3.69. The minimum atomic E-state index is -1.15. The second-order valence-corrected chi connectivity index (χ2v) is 11.4. The number of benzene rings is 2. The molecule has 1 aliphatic heterocycles. The van der Waals surface area contributed by atoms with Gasteiger partial charge in [0.15, 0.2) is 0 Å². The number of aryl methyl sites for hydroxylation is 1. The number of aliphatic hydroxyl groups is 1. The average molecular weight is 568 g/mol. The van der Waals surface area contributed by atoms with Crippen molar-refractivity contribution in [2.24, 2.45) is 5.92 Å². The van der Waals surface area contributed by atoms with Crippen LogP contribution in [0.15, 0.2) is 30.3 Å². The molecule has 0 spiro atoms. The van der Waals surface area contributed by atoms with Gasteiger partial charge in [-0.2, -0.15) is 0 Å². The first-order valence-corrected chi connectivity index (χ1v) is 14.4. The van der Waals surface area contributed by atoms with Crippen molar-refractivity contribution in [1.82, 2.24) is 9.55 Å². The molecule has 0 saturated heterocycles. The minimum absolute atomic E-state index is 0.00756. The predicted octanol–water partition coefficient (Wildman–Crippen LogP) is 6.16. The highest BCUT2D eigenvalue weighted by atomic mass is 19.1. The van der Waals surface area contributed by atoms with Crippen LogP contribution in [0.3, 0.4) is 0 Å². The molecule has 2 aliphatic carbocycles. The molecule has 3 aromatic rings. The summed E-state index contributed by atoms with van der Waals surface area (Å²) in [7, 11) is 1.40. The normalized spacial score (nSPS) is 22.8. The number of hydrogen-bond donors (Lipinski definition) is 2. The Morgan fingerprint density at radius 1 is 1.15 bits per heavy atom. The number of ether oxygens (including phenoxy) is 2. The lowest BCUT2D eigenvalue weighted by Crippen LogP contribution is -2.42. The summed E-state index contributed by atoms with van der Waals surface area (Å²) in [6, 6.07) is 8.52. The van der Waals surface area contributed by atoms with Gasteiger partial charge in [-0.05, 0) is 81.7 Å².